The summed E-state index contributed by atoms with van der Waals surface area (Å²) in [4.78, 5) is 0. The van der Waals surface area contributed by atoms with Gasteiger partial charge in [-0.25, -0.2) is 0 Å². The maximum Gasteiger partial charge on any atom is 0.274 e. The first kappa shape index (κ1) is 15.6. The highest BCUT2D eigenvalue weighted by Crippen LogP contribution is 2.16. The molecular formula is C17H26O2. The highest BCUT2D eigenvalue weighted by Gasteiger charge is 1.97. The number of aryl methyl sites for hydroxylation is 1. The van der Waals surface area contributed by atoms with Crippen LogP contribution in [0.5, 0.6) is 5.75 Å². The Kier molecular flexibility index (Phi) is 7.80. The standard InChI is InChI=1S/C17H26O2/c1-3-4-5-6-7-8-9-10-16-11-13-17(14-12-16)19-15(2)18/h11-14,18H,2-10H2,1H3. The number of ether oxygens (including phenoxy) is 1. The summed E-state index contributed by atoms with van der Waals surface area (Å²) in [5.41, 5.74) is 1.32. The van der Waals surface area contributed by atoms with E-state index in [9.17, 15) is 0 Å². The summed E-state index contributed by atoms with van der Waals surface area (Å²) in [6.07, 6.45) is 10.5. The lowest BCUT2D eigenvalue weighted by molar-refractivity contribution is 0.211. The monoisotopic (exact) mass is 262 g/mol. The Morgan fingerprint density at radius 3 is 2.16 bits per heavy atom. The first-order valence-electron chi connectivity index (χ1n) is 7.37. The first-order chi connectivity index (χ1) is 9.22. The second-order valence-corrected chi connectivity index (χ2v) is 5.01. The maximum atomic E-state index is 8.92. The van der Waals surface area contributed by atoms with Gasteiger partial charge in [-0.3, -0.25) is 0 Å². The van der Waals surface area contributed by atoms with Crippen molar-refractivity contribution in [2.45, 2.75) is 58.3 Å². The smallest absolute Gasteiger partial charge is 0.274 e. The molecule has 0 aliphatic rings. The molecule has 0 aliphatic carbocycles. The predicted octanol–water partition coefficient (Wildman–Crippen LogP) is 5.39. The lowest BCUT2D eigenvalue weighted by atomic mass is 10.0. The zero-order valence-electron chi connectivity index (χ0n) is 12.0. The first-order valence-corrected chi connectivity index (χ1v) is 7.37. The van der Waals surface area contributed by atoms with Gasteiger partial charge in [0.05, 0.1) is 0 Å². The minimum absolute atomic E-state index is 0.264. The second-order valence-electron chi connectivity index (χ2n) is 5.01. The van der Waals surface area contributed by atoms with Gasteiger partial charge in [0.15, 0.2) is 0 Å². The van der Waals surface area contributed by atoms with Crippen LogP contribution >= 0.6 is 0 Å². The Bertz CT molecular complexity index is 354. The summed E-state index contributed by atoms with van der Waals surface area (Å²) >= 11 is 0. The van der Waals surface area contributed by atoms with Crippen LogP contribution < -0.4 is 4.74 Å². The largest absolute Gasteiger partial charge is 0.481 e. The Morgan fingerprint density at radius 2 is 1.58 bits per heavy atom. The molecule has 1 rings (SSSR count). The van der Waals surface area contributed by atoms with Crippen molar-refractivity contribution in [2.75, 3.05) is 0 Å². The number of hydrogen-bond donors (Lipinski definition) is 1. The van der Waals surface area contributed by atoms with Gasteiger partial charge in [0.1, 0.15) is 5.75 Å². The number of benzene rings is 1. The summed E-state index contributed by atoms with van der Waals surface area (Å²) in [6.45, 7) is 5.55. The second kappa shape index (κ2) is 9.48. The molecular weight excluding hydrogens is 236 g/mol. The summed E-state index contributed by atoms with van der Waals surface area (Å²) in [6, 6.07) is 7.85. The van der Waals surface area contributed by atoms with Crippen LogP contribution in [0.2, 0.25) is 0 Å². The molecule has 0 aliphatic heterocycles. The summed E-state index contributed by atoms with van der Waals surface area (Å²) in [7, 11) is 0. The summed E-state index contributed by atoms with van der Waals surface area (Å²) in [5, 5.41) is 8.92. The highest BCUT2D eigenvalue weighted by atomic mass is 16.6. The van der Waals surface area contributed by atoms with Gasteiger partial charge in [0.2, 0.25) is 0 Å². The molecule has 1 aromatic carbocycles. The van der Waals surface area contributed by atoms with Crippen molar-refractivity contribution in [2.24, 2.45) is 0 Å². The van der Waals surface area contributed by atoms with E-state index < -0.39 is 0 Å². The van der Waals surface area contributed by atoms with E-state index in [1.807, 2.05) is 12.1 Å². The lowest BCUT2D eigenvalue weighted by Gasteiger charge is -2.05. The van der Waals surface area contributed by atoms with E-state index in [0.717, 1.165) is 6.42 Å². The Hall–Kier alpha value is -1.44. The van der Waals surface area contributed by atoms with E-state index in [4.69, 9.17) is 9.84 Å². The normalized spacial score (nSPS) is 10.4. The van der Waals surface area contributed by atoms with Crippen molar-refractivity contribution >= 4 is 0 Å². The third-order valence-corrected chi connectivity index (χ3v) is 3.23. The molecule has 0 saturated carbocycles. The molecule has 1 aromatic rings. The van der Waals surface area contributed by atoms with Crippen LogP contribution in [0.15, 0.2) is 36.8 Å². The predicted molar refractivity (Wildman–Crippen MR) is 80.5 cm³/mol. The van der Waals surface area contributed by atoms with E-state index >= 15 is 0 Å². The molecule has 1 N–H and O–H groups in total. The molecule has 0 amide bonds. The molecule has 19 heavy (non-hydrogen) atoms. The van der Waals surface area contributed by atoms with E-state index in [2.05, 4.69) is 25.6 Å². The number of rotatable bonds is 10. The molecule has 0 bridgehead atoms. The van der Waals surface area contributed by atoms with Crippen molar-refractivity contribution in [3.63, 3.8) is 0 Å². The minimum Gasteiger partial charge on any atom is -0.481 e. The van der Waals surface area contributed by atoms with Crippen LogP contribution in [0, 0.1) is 0 Å². The van der Waals surface area contributed by atoms with Crippen molar-refractivity contribution in [3.05, 3.63) is 42.4 Å². The van der Waals surface area contributed by atoms with Crippen LogP contribution in [0.25, 0.3) is 0 Å². The molecule has 0 heterocycles. The van der Waals surface area contributed by atoms with Crippen molar-refractivity contribution in [3.8, 4) is 5.75 Å². The van der Waals surface area contributed by atoms with Crippen molar-refractivity contribution in [1.82, 2.24) is 0 Å². The molecule has 0 aromatic heterocycles. The molecule has 0 saturated heterocycles. The van der Waals surface area contributed by atoms with Crippen molar-refractivity contribution < 1.29 is 9.84 Å². The van der Waals surface area contributed by atoms with Crippen molar-refractivity contribution in [1.29, 1.82) is 0 Å². The number of unbranched alkanes of at least 4 members (excludes halogenated alkanes) is 6. The fourth-order valence-corrected chi connectivity index (χ4v) is 2.15. The van der Waals surface area contributed by atoms with E-state index in [0.29, 0.717) is 5.75 Å². The number of hydrogen-bond acceptors (Lipinski definition) is 2. The van der Waals surface area contributed by atoms with Gasteiger partial charge in [-0.15, -0.1) is 0 Å². The Morgan fingerprint density at radius 1 is 1.00 bits per heavy atom. The molecule has 0 radical (unpaired) electrons. The summed E-state index contributed by atoms with van der Waals surface area (Å²) < 4.78 is 5.01. The molecule has 0 atom stereocenters. The third-order valence-electron chi connectivity index (χ3n) is 3.23. The average Bonchev–Trinajstić information content (AvgIpc) is 2.39. The Labute approximate surface area is 117 Å². The zero-order valence-corrected chi connectivity index (χ0v) is 12.0. The Balaban J connectivity index is 2.14. The highest BCUT2D eigenvalue weighted by molar-refractivity contribution is 5.28. The minimum atomic E-state index is -0.264. The lowest BCUT2D eigenvalue weighted by Crippen LogP contribution is -1.92. The van der Waals surface area contributed by atoms with E-state index in [1.54, 1.807) is 0 Å². The van der Waals surface area contributed by atoms with Crippen LogP contribution in [0.1, 0.15) is 57.4 Å². The third kappa shape index (κ3) is 7.55. The van der Waals surface area contributed by atoms with E-state index in [-0.39, 0.29) is 5.95 Å². The molecule has 0 unspecified atom stereocenters. The fourth-order valence-electron chi connectivity index (χ4n) is 2.15. The van der Waals surface area contributed by atoms with Gasteiger partial charge in [-0.2, -0.15) is 0 Å². The molecule has 2 heteroatoms. The average molecular weight is 262 g/mol. The quantitative estimate of drug-likeness (QED) is 0.452. The van der Waals surface area contributed by atoms with Crippen LogP contribution in [0.3, 0.4) is 0 Å². The molecule has 0 spiro atoms. The van der Waals surface area contributed by atoms with Gasteiger partial charge in [0, 0.05) is 0 Å². The maximum absolute atomic E-state index is 8.92. The van der Waals surface area contributed by atoms with Gasteiger partial charge in [-0.1, -0.05) is 57.6 Å². The summed E-state index contributed by atoms with van der Waals surface area (Å²) in [5.74, 6) is 0.371. The topological polar surface area (TPSA) is 29.5 Å². The number of aliphatic hydroxyl groups is 1. The van der Waals surface area contributed by atoms with Gasteiger partial charge < -0.3 is 9.84 Å². The fraction of sp³-hybridized carbons (Fsp3) is 0.529. The SMILES string of the molecule is C=C(O)Oc1ccc(CCCCCCCCC)cc1. The van der Waals surface area contributed by atoms with Gasteiger partial charge in [0.25, 0.3) is 5.95 Å². The molecule has 2 nitrogen and oxygen atoms in total. The van der Waals surface area contributed by atoms with E-state index in [1.165, 1.54) is 50.5 Å². The molecule has 0 fully saturated rings. The zero-order chi connectivity index (χ0) is 13.9. The van der Waals surface area contributed by atoms with Crippen LogP contribution in [-0.2, 0) is 6.42 Å². The molecule has 106 valence electrons. The van der Waals surface area contributed by atoms with Gasteiger partial charge >= 0.3 is 0 Å². The van der Waals surface area contributed by atoms with Crippen LogP contribution in [0.4, 0.5) is 0 Å². The van der Waals surface area contributed by atoms with Gasteiger partial charge in [-0.05, 0) is 37.1 Å². The number of aliphatic hydroxyl groups excluding tert-OH is 1. The van der Waals surface area contributed by atoms with Crippen LogP contribution in [-0.4, -0.2) is 5.11 Å².